The van der Waals surface area contributed by atoms with E-state index < -0.39 is 0 Å². The van der Waals surface area contributed by atoms with Crippen molar-refractivity contribution in [1.82, 2.24) is 34.0 Å². The van der Waals surface area contributed by atoms with Crippen LogP contribution in [0.25, 0.3) is 33.5 Å². The minimum atomic E-state index is 0.551. The molecule has 0 amide bonds. The van der Waals surface area contributed by atoms with Crippen molar-refractivity contribution < 1.29 is 0 Å². The summed E-state index contributed by atoms with van der Waals surface area (Å²) in [5.74, 6) is 1.14. The van der Waals surface area contributed by atoms with Crippen molar-refractivity contribution >= 4 is 34.4 Å². The molecule has 9 heteroatoms. The van der Waals surface area contributed by atoms with E-state index in [9.17, 15) is 0 Å². The van der Waals surface area contributed by atoms with Crippen molar-refractivity contribution in [3.63, 3.8) is 0 Å². The van der Waals surface area contributed by atoms with Gasteiger partial charge in [0.1, 0.15) is 11.4 Å². The average Bonchev–Trinajstić information content (AvgIpc) is 3.34. The van der Waals surface area contributed by atoms with Gasteiger partial charge in [-0.3, -0.25) is 9.38 Å². The lowest BCUT2D eigenvalue weighted by atomic mass is 10.4. The number of halogens is 1. The van der Waals surface area contributed by atoms with Gasteiger partial charge in [-0.05, 0) is 32.0 Å². The molecule has 0 aliphatic heterocycles. The van der Waals surface area contributed by atoms with E-state index >= 15 is 0 Å². The Morgan fingerprint density at radius 2 is 1.88 bits per heavy atom. The van der Waals surface area contributed by atoms with Crippen LogP contribution in [0.2, 0.25) is 4.34 Å². The van der Waals surface area contributed by atoms with Crippen LogP contribution in [0, 0.1) is 13.8 Å². The Hall–Kier alpha value is -2.84. The van der Waals surface area contributed by atoms with E-state index in [1.54, 1.807) is 10.7 Å². The zero-order valence-corrected chi connectivity index (χ0v) is 15.5. The monoisotopic (exact) mass is 381 g/mol. The molecule has 0 unspecified atom stereocenters. The lowest BCUT2D eigenvalue weighted by Gasteiger charge is -1.97. The second kappa shape index (κ2) is 5.58. The highest BCUT2D eigenvalue weighted by molar-refractivity contribution is 7.19. The summed E-state index contributed by atoms with van der Waals surface area (Å²) >= 11 is 7.51. The van der Waals surface area contributed by atoms with Gasteiger partial charge in [0.15, 0.2) is 5.65 Å². The third kappa shape index (κ3) is 2.38. The second-order valence-corrected chi connectivity index (χ2v) is 7.62. The highest BCUT2D eigenvalue weighted by Gasteiger charge is 2.14. The number of hydrogen-bond donors (Lipinski definition) is 0. The number of fused-ring (bicyclic) bond motifs is 2. The minimum absolute atomic E-state index is 0.551. The van der Waals surface area contributed by atoms with E-state index in [0.29, 0.717) is 17.3 Å². The molecule has 0 aliphatic carbocycles. The molecule has 5 aromatic heterocycles. The van der Waals surface area contributed by atoms with Gasteiger partial charge in [-0.15, -0.1) is 16.4 Å². The number of rotatable bonds is 2. The fourth-order valence-corrected chi connectivity index (χ4v) is 3.77. The van der Waals surface area contributed by atoms with Crippen molar-refractivity contribution in [2.24, 2.45) is 0 Å². The summed E-state index contributed by atoms with van der Waals surface area (Å²) in [5, 5.41) is 4.57. The summed E-state index contributed by atoms with van der Waals surface area (Å²) in [6, 6.07) is 5.70. The number of thiophene rings is 1. The van der Waals surface area contributed by atoms with E-state index in [4.69, 9.17) is 11.6 Å². The fraction of sp³-hybridized carbons (Fsp3) is 0.118. The van der Waals surface area contributed by atoms with E-state index in [0.717, 1.165) is 31.9 Å². The van der Waals surface area contributed by atoms with Gasteiger partial charge in [-0.2, -0.15) is 0 Å². The Morgan fingerprint density at radius 3 is 2.65 bits per heavy atom. The molecule has 5 rings (SSSR count). The maximum absolute atomic E-state index is 6.02. The minimum Gasteiger partial charge on any atom is -0.290 e. The molecular weight excluding hydrogens is 370 g/mol. The van der Waals surface area contributed by atoms with Gasteiger partial charge in [-0.25, -0.2) is 19.5 Å². The first-order valence-electron chi connectivity index (χ1n) is 7.89. The summed E-state index contributed by atoms with van der Waals surface area (Å²) < 4.78 is 4.40. The van der Waals surface area contributed by atoms with Crippen molar-refractivity contribution in [3.8, 4) is 22.1 Å². The molecule has 26 heavy (non-hydrogen) atoms. The maximum Gasteiger partial charge on any atom is 0.235 e. The van der Waals surface area contributed by atoms with Crippen molar-refractivity contribution in [2.45, 2.75) is 13.8 Å². The third-order valence-electron chi connectivity index (χ3n) is 4.09. The lowest BCUT2D eigenvalue weighted by Crippen LogP contribution is -1.97. The number of aromatic nitrogens is 7. The Balaban J connectivity index is 1.63. The smallest absolute Gasteiger partial charge is 0.235 e. The van der Waals surface area contributed by atoms with Crippen molar-refractivity contribution in [2.75, 3.05) is 0 Å². The number of hydrogen-bond acceptors (Lipinski definition) is 6. The highest BCUT2D eigenvalue weighted by Crippen LogP contribution is 2.30. The number of imidazole rings is 1. The first kappa shape index (κ1) is 15.4. The molecular formula is C17H12ClN7S. The molecule has 0 atom stereocenters. The van der Waals surface area contributed by atoms with Crippen LogP contribution in [0.15, 0.2) is 36.8 Å². The standard InChI is InChI=1S/C17H12ClN7S/c1-9-7-19-10(2)16-22-15(23-25(9)16)11-5-6-24-8-12(21-17(24)20-11)13-3-4-14(18)26-13/h3-8H,1-2H3. The topological polar surface area (TPSA) is 73.3 Å². The molecule has 0 saturated carbocycles. The van der Waals surface area contributed by atoms with Crippen LogP contribution in [0.5, 0.6) is 0 Å². The first-order chi connectivity index (χ1) is 12.6. The van der Waals surface area contributed by atoms with Gasteiger partial charge in [0.25, 0.3) is 0 Å². The zero-order valence-electron chi connectivity index (χ0n) is 13.9. The Morgan fingerprint density at radius 1 is 1.04 bits per heavy atom. The van der Waals surface area contributed by atoms with Gasteiger partial charge in [0.2, 0.25) is 11.6 Å². The summed E-state index contributed by atoms with van der Waals surface area (Å²) in [7, 11) is 0. The summed E-state index contributed by atoms with van der Waals surface area (Å²) in [4.78, 5) is 19.1. The van der Waals surface area contributed by atoms with Crippen LogP contribution in [0.3, 0.4) is 0 Å². The molecule has 7 nitrogen and oxygen atoms in total. The molecule has 0 spiro atoms. The Bertz CT molecular complexity index is 1240. The van der Waals surface area contributed by atoms with E-state index in [1.165, 1.54) is 11.3 Å². The maximum atomic E-state index is 6.02. The van der Waals surface area contributed by atoms with Crippen LogP contribution in [-0.2, 0) is 0 Å². The van der Waals surface area contributed by atoms with Crippen LogP contribution in [-0.4, -0.2) is 34.0 Å². The molecule has 128 valence electrons. The Kier molecular flexibility index (Phi) is 3.31. The third-order valence-corrected chi connectivity index (χ3v) is 5.34. The van der Waals surface area contributed by atoms with Gasteiger partial charge < -0.3 is 0 Å². The molecule has 5 heterocycles. The summed E-state index contributed by atoms with van der Waals surface area (Å²) in [6.07, 6.45) is 5.63. The highest BCUT2D eigenvalue weighted by atomic mass is 35.5. The number of aryl methyl sites for hydroxylation is 2. The van der Waals surface area contributed by atoms with Gasteiger partial charge in [-0.1, -0.05) is 11.6 Å². The fourth-order valence-electron chi connectivity index (χ4n) is 2.77. The normalized spacial score (nSPS) is 11.7. The molecule has 0 radical (unpaired) electrons. The molecule has 0 aromatic carbocycles. The van der Waals surface area contributed by atoms with Crippen LogP contribution < -0.4 is 0 Å². The van der Waals surface area contributed by atoms with Crippen LogP contribution in [0.1, 0.15) is 11.4 Å². The molecule has 0 aliphatic rings. The molecule has 0 N–H and O–H groups in total. The second-order valence-electron chi connectivity index (χ2n) is 5.91. The van der Waals surface area contributed by atoms with E-state index in [-0.39, 0.29) is 0 Å². The average molecular weight is 382 g/mol. The number of nitrogens with zero attached hydrogens (tertiary/aromatic N) is 7. The predicted molar refractivity (Wildman–Crippen MR) is 101 cm³/mol. The van der Waals surface area contributed by atoms with Crippen molar-refractivity contribution in [1.29, 1.82) is 0 Å². The molecule has 0 fully saturated rings. The first-order valence-corrected chi connectivity index (χ1v) is 9.09. The SMILES string of the molecule is Cc1ncc(C)n2nc(-c3ccn4cc(-c5ccc(Cl)s5)nc4n3)nc12. The summed E-state index contributed by atoms with van der Waals surface area (Å²) in [6.45, 7) is 3.86. The lowest BCUT2D eigenvalue weighted by molar-refractivity contribution is 0.889. The van der Waals surface area contributed by atoms with Crippen molar-refractivity contribution in [3.05, 3.63) is 52.5 Å². The van der Waals surface area contributed by atoms with Gasteiger partial charge in [0, 0.05) is 18.6 Å². The molecule has 0 bridgehead atoms. The molecule has 5 aromatic rings. The van der Waals surface area contributed by atoms with Crippen LogP contribution >= 0.6 is 22.9 Å². The Labute approximate surface area is 157 Å². The zero-order chi connectivity index (χ0) is 17.8. The largest absolute Gasteiger partial charge is 0.290 e. The quantitative estimate of drug-likeness (QED) is 0.464. The van der Waals surface area contributed by atoms with E-state index in [1.807, 2.05) is 48.8 Å². The summed E-state index contributed by atoms with van der Waals surface area (Å²) in [5.41, 5.74) is 3.99. The van der Waals surface area contributed by atoms with Gasteiger partial charge in [0.05, 0.1) is 20.6 Å². The van der Waals surface area contributed by atoms with E-state index in [2.05, 4.69) is 25.0 Å². The van der Waals surface area contributed by atoms with Gasteiger partial charge >= 0.3 is 0 Å². The van der Waals surface area contributed by atoms with Crippen LogP contribution in [0.4, 0.5) is 0 Å². The molecule has 0 saturated heterocycles. The predicted octanol–water partition coefficient (Wildman–Crippen LogP) is 3.83.